The van der Waals surface area contributed by atoms with E-state index in [-0.39, 0.29) is 81.5 Å². The molecule has 6 aliphatic carbocycles. The second kappa shape index (κ2) is 14.1. The maximum Gasteiger partial charge on any atom is 0.310 e. The number of Topliss-reactive ketones (excluding diaryl/α,β-unsaturated/α-hetero) is 2. The van der Waals surface area contributed by atoms with E-state index in [1.807, 2.05) is 41.5 Å². The van der Waals surface area contributed by atoms with Crippen molar-refractivity contribution >= 4 is 41.3 Å². The summed E-state index contributed by atoms with van der Waals surface area (Å²) in [5.41, 5.74) is 0.449. The summed E-state index contributed by atoms with van der Waals surface area (Å²) >= 11 is 1.39. The molecule has 1 aromatic heterocycles. The van der Waals surface area contributed by atoms with Crippen LogP contribution in [-0.4, -0.2) is 52.6 Å². The van der Waals surface area contributed by atoms with E-state index in [0.717, 1.165) is 55.5 Å². The quantitative estimate of drug-likeness (QED) is 0.140. The number of hydrogen-bond donors (Lipinski definition) is 1. The number of thiazole rings is 1. The van der Waals surface area contributed by atoms with Crippen molar-refractivity contribution < 1.29 is 33.4 Å². The first-order valence-corrected chi connectivity index (χ1v) is 23.0. The van der Waals surface area contributed by atoms with Crippen LogP contribution in [0.1, 0.15) is 167 Å². The SMILES string of the molecule is Cc1nc(C)c(C(=O)CC(C)(C)C(=O)N[C@@]23CC[C@]4(C)[C@H](CC[C@@H]5[C@@]6(C)CC[C@H](OC(=O)[C@H]7C[C@@H](OC=O)C7(C)C)C(C)(C)[C@@H]6CC[C@]54C)C2=C(C(C)C)C(=O)C3)s1. The zero-order valence-corrected chi connectivity index (χ0v) is 38.4. The molecule has 0 saturated heterocycles. The molecule has 5 fully saturated rings. The molecule has 6 aliphatic rings. The summed E-state index contributed by atoms with van der Waals surface area (Å²) in [5, 5.41) is 4.37. The summed E-state index contributed by atoms with van der Waals surface area (Å²) < 4.78 is 11.7. The number of nitrogens with one attached hydrogen (secondary N) is 1. The second-order valence-corrected chi connectivity index (χ2v) is 23.7. The van der Waals surface area contributed by atoms with Gasteiger partial charge >= 0.3 is 5.97 Å². The third kappa shape index (κ3) is 6.24. The first-order valence-electron chi connectivity index (χ1n) is 22.2. The minimum atomic E-state index is -0.969. The zero-order chi connectivity index (χ0) is 42.8. The molecule has 1 aromatic rings. The van der Waals surface area contributed by atoms with Crippen LogP contribution in [0.2, 0.25) is 0 Å². The van der Waals surface area contributed by atoms with Crippen molar-refractivity contribution in [3.63, 3.8) is 0 Å². The highest BCUT2D eigenvalue weighted by molar-refractivity contribution is 7.13. The molecule has 0 spiro atoms. The maximum absolute atomic E-state index is 14.5. The number of aromatic nitrogens is 1. The highest BCUT2D eigenvalue weighted by Crippen LogP contribution is 2.76. The van der Waals surface area contributed by atoms with E-state index in [1.165, 1.54) is 16.9 Å². The fourth-order valence-electron chi connectivity index (χ4n) is 14.5. The number of esters is 1. The Labute approximate surface area is 351 Å². The molecule has 10 atom stereocenters. The maximum atomic E-state index is 14.5. The Kier molecular flexibility index (Phi) is 10.5. The molecule has 0 unspecified atom stereocenters. The average molecular weight is 819 g/mol. The van der Waals surface area contributed by atoms with Gasteiger partial charge in [-0.25, -0.2) is 4.98 Å². The molecule has 0 aromatic carbocycles. The predicted molar refractivity (Wildman–Crippen MR) is 225 cm³/mol. The molecular weight excluding hydrogens is 749 g/mol. The molecule has 0 aliphatic heterocycles. The van der Waals surface area contributed by atoms with E-state index >= 15 is 0 Å². The van der Waals surface area contributed by atoms with E-state index in [9.17, 15) is 24.0 Å². The van der Waals surface area contributed by atoms with Gasteiger partial charge in [0.1, 0.15) is 12.2 Å². The number of amides is 1. The van der Waals surface area contributed by atoms with E-state index < -0.39 is 16.4 Å². The largest absolute Gasteiger partial charge is 0.464 e. The van der Waals surface area contributed by atoms with Crippen LogP contribution in [0.15, 0.2) is 11.1 Å². The van der Waals surface area contributed by atoms with Crippen molar-refractivity contribution in [1.29, 1.82) is 0 Å². The van der Waals surface area contributed by atoms with Gasteiger partial charge in [0, 0.05) is 23.7 Å². The third-order valence-electron chi connectivity index (χ3n) is 18.0. The Morgan fingerprint density at radius 1 is 0.897 bits per heavy atom. The lowest BCUT2D eigenvalue weighted by molar-refractivity contribution is -0.236. The monoisotopic (exact) mass is 818 g/mol. The molecule has 0 bridgehead atoms. The number of ether oxygens (including phenoxy) is 2. The number of aryl methyl sites for hydroxylation is 2. The van der Waals surface area contributed by atoms with Crippen molar-refractivity contribution in [2.24, 2.45) is 62.1 Å². The number of hydrogen-bond acceptors (Lipinski definition) is 9. The van der Waals surface area contributed by atoms with E-state index in [1.54, 1.807) is 0 Å². The van der Waals surface area contributed by atoms with E-state index in [0.29, 0.717) is 48.1 Å². The number of rotatable bonds is 10. The molecule has 10 heteroatoms. The van der Waals surface area contributed by atoms with Crippen LogP contribution in [0.3, 0.4) is 0 Å². The Balaban J connectivity index is 1.13. The smallest absolute Gasteiger partial charge is 0.310 e. The van der Waals surface area contributed by atoms with Gasteiger partial charge in [-0.3, -0.25) is 24.0 Å². The number of carbonyl (C=O) groups excluding carboxylic acids is 5. The van der Waals surface area contributed by atoms with Crippen molar-refractivity contribution in [3.05, 3.63) is 26.7 Å². The molecule has 5 saturated carbocycles. The molecule has 1 amide bonds. The minimum Gasteiger partial charge on any atom is -0.464 e. The number of nitrogens with zero attached hydrogens (tertiary/aromatic N) is 1. The average Bonchev–Trinajstić information content (AvgIpc) is 3.61. The lowest BCUT2D eigenvalue weighted by Gasteiger charge is -2.72. The fourth-order valence-corrected chi connectivity index (χ4v) is 15.3. The highest BCUT2D eigenvalue weighted by Gasteiger charge is 2.70. The van der Waals surface area contributed by atoms with Crippen LogP contribution < -0.4 is 5.32 Å². The molecule has 9 nitrogen and oxygen atoms in total. The molecule has 0 radical (unpaired) electrons. The van der Waals surface area contributed by atoms with Gasteiger partial charge in [-0.1, -0.05) is 76.2 Å². The van der Waals surface area contributed by atoms with Crippen molar-refractivity contribution in [2.75, 3.05) is 0 Å². The Morgan fingerprint density at radius 2 is 1.59 bits per heavy atom. The molecule has 1 N–H and O–H groups in total. The van der Waals surface area contributed by atoms with Gasteiger partial charge in [0.25, 0.3) is 6.47 Å². The van der Waals surface area contributed by atoms with Crippen LogP contribution in [0.5, 0.6) is 0 Å². The highest BCUT2D eigenvalue weighted by atomic mass is 32.1. The Morgan fingerprint density at radius 3 is 2.19 bits per heavy atom. The third-order valence-corrected chi connectivity index (χ3v) is 19.2. The normalized spacial score (nSPS) is 38.8. The Hall–Kier alpha value is -2.88. The lowest BCUT2D eigenvalue weighted by atomic mass is 9.33. The first kappa shape index (κ1) is 43.2. The Bertz CT molecular complexity index is 1940. The second-order valence-electron chi connectivity index (χ2n) is 22.5. The van der Waals surface area contributed by atoms with E-state index in [4.69, 9.17) is 9.47 Å². The lowest BCUT2D eigenvalue weighted by Crippen LogP contribution is -2.67. The van der Waals surface area contributed by atoms with Crippen LogP contribution >= 0.6 is 11.3 Å². The molecule has 1 heterocycles. The van der Waals surface area contributed by atoms with Crippen LogP contribution in [-0.2, 0) is 28.7 Å². The van der Waals surface area contributed by atoms with Gasteiger partial charge in [0.15, 0.2) is 11.6 Å². The van der Waals surface area contributed by atoms with Gasteiger partial charge in [-0.05, 0) is 123 Å². The van der Waals surface area contributed by atoms with Crippen molar-refractivity contribution in [1.82, 2.24) is 10.3 Å². The molecule has 58 heavy (non-hydrogen) atoms. The summed E-state index contributed by atoms with van der Waals surface area (Å²) in [4.78, 5) is 72.0. The number of ketones is 2. The van der Waals surface area contributed by atoms with Gasteiger partial charge in [-0.15, -0.1) is 11.3 Å². The summed E-state index contributed by atoms with van der Waals surface area (Å²) in [7, 11) is 0. The van der Waals surface area contributed by atoms with Gasteiger partial charge in [0.2, 0.25) is 5.91 Å². The summed E-state index contributed by atoms with van der Waals surface area (Å²) in [5.74, 6) is 0.546. The van der Waals surface area contributed by atoms with Crippen molar-refractivity contribution in [3.8, 4) is 0 Å². The summed E-state index contributed by atoms with van der Waals surface area (Å²) in [6, 6.07) is 0. The predicted octanol–water partition coefficient (Wildman–Crippen LogP) is 9.71. The van der Waals surface area contributed by atoms with Gasteiger partial charge in [-0.2, -0.15) is 0 Å². The number of allylic oxidation sites excluding steroid dienone is 1. The minimum absolute atomic E-state index is 0.0115. The van der Waals surface area contributed by atoms with Crippen LogP contribution in [0.25, 0.3) is 0 Å². The standard InChI is InChI=1S/C48H70N2O7S/c1-26(2)37-31(52)24-48(50-41(55)42(5,6)23-32(53)39-27(3)49-28(4)58-39)21-20-46(12)29(38(37)48)14-15-34-45(11)18-17-35(44(9,10)33(45)16-19-47(34,46)13)57-40(54)30-22-36(56-25-51)43(30,7)8/h25-26,29-30,33-36H,14-24H2,1-13H3,(H,50,55)/t29-,30-,33+,34-,35+,36-,45+,46-,47-,48-/m1/s1. The number of fused-ring (bicyclic) bond motifs is 7. The van der Waals surface area contributed by atoms with Crippen molar-refractivity contribution in [2.45, 2.75) is 178 Å². The molecular formula is C48H70N2O7S. The fraction of sp³-hybridized carbons (Fsp3) is 0.792. The van der Waals surface area contributed by atoms with Gasteiger partial charge in [0.05, 0.1) is 32.5 Å². The van der Waals surface area contributed by atoms with Gasteiger partial charge < -0.3 is 14.8 Å². The summed E-state index contributed by atoms with van der Waals surface area (Å²) in [6.45, 7) is 28.4. The first-order chi connectivity index (χ1) is 26.8. The summed E-state index contributed by atoms with van der Waals surface area (Å²) in [6.07, 6.45) is 8.04. The topological polar surface area (TPSA) is 129 Å². The molecule has 7 rings (SSSR count). The zero-order valence-electron chi connectivity index (χ0n) is 37.6. The van der Waals surface area contributed by atoms with Crippen LogP contribution in [0.4, 0.5) is 0 Å². The van der Waals surface area contributed by atoms with E-state index in [2.05, 4.69) is 58.8 Å². The molecule has 320 valence electrons. The number of carbonyl (C=O) groups is 5. The van der Waals surface area contributed by atoms with Crippen LogP contribution in [0, 0.1) is 75.9 Å².